The van der Waals surface area contributed by atoms with Crippen molar-refractivity contribution < 1.29 is 23.1 Å². The summed E-state index contributed by atoms with van der Waals surface area (Å²) in [6.45, 7) is 1.95. The van der Waals surface area contributed by atoms with Crippen molar-refractivity contribution in [3.05, 3.63) is 16.3 Å². The van der Waals surface area contributed by atoms with Crippen LogP contribution in [-0.2, 0) is 14.8 Å². The van der Waals surface area contributed by atoms with E-state index in [0.29, 0.717) is 39.0 Å². The number of piperidine rings is 1. The van der Waals surface area contributed by atoms with Crippen LogP contribution in [0.4, 0.5) is 0 Å². The molecule has 9 heteroatoms. The van der Waals surface area contributed by atoms with Gasteiger partial charge in [0.25, 0.3) is 5.91 Å². The van der Waals surface area contributed by atoms with Crippen molar-refractivity contribution in [1.82, 2.24) is 9.21 Å². The molecule has 0 radical (unpaired) electrons. The predicted molar refractivity (Wildman–Crippen MR) is 93.2 cm³/mol. The second kappa shape index (κ2) is 7.43. The number of carboxylic acids is 1. The molecule has 2 aliphatic heterocycles. The largest absolute Gasteiger partial charge is 0.481 e. The molecule has 0 unspecified atom stereocenters. The Morgan fingerprint density at radius 1 is 1.16 bits per heavy atom. The average Bonchev–Trinajstić information content (AvgIpc) is 3.26. The lowest BCUT2D eigenvalue weighted by Gasteiger charge is -2.31. The molecule has 1 aromatic rings. The fraction of sp³-hybridized carbons (Fsp3) is 0.625. The third-order valence-electron chi connectivity index (χ3n) is 4.87. The fourth-order valence-electron chi connectivity index (χ4n) is 3.45. The summed E-state index contributed by atoms with van der Waals surface area (Å²) in [5.41, 5.74) is 0. The predicted octanol–water partition coefficient (Wildman–Crippen LogP) is 1.86. The maximum absolute atomic E-state index is 12.8. The SMILES string of the molecule is O=C(O)CC1CCN(C(=O)c2sccc2S(=O)(=O)N2CCCC2)CC1. The molecular formula is C16H22N2O5S2. The number of hydrogen-bond acceptors (Lipinski definition) is 5. The van der Waals surface area contributed by atoms with Crippen LogP contribution in [0, 0.1) is 5.92 Å². The normalized spacial score (nSPS) is 20.1. The van der Waals surface area contributed by atoms with Gasteiger partial charge in [-0.05, 0) is 43.0 Å². The number of rotatable bonds is 5. The van der Waals surface area contributed by atoms with Crippen LogP contribution in [0.25, 0.3) is 0 Å². The standard InChI is InChI=1S/C16H22N2O5S2/c19-14(20)11-12-3-8-17(9-4-12)16(21)15-13(5-10-24-15)25(22,23)18-6-1-2-7-18/h5,10,12H,1-4,6-9,11H2,(H,19,20). The molecule has 2 aliphatic rings. The maximum Gasteiger partial charge on any atom is 0.303 e. The Morgan fingerprint density at radius 2 is 1.80 bits per heavy atom. The third-order valence-corrected chi connectivity index (χ3v) is 7.84. The van der Waals surface area contributed by atoms with Crippen LogP contribution in [0.15, 0.2) is 16.3 Å². The van der Waals surface area contributed by atoms with E-state index in [9.17, 15) is 18.0 Å². The highest BCUT2D eigenvalue weighted by Gasteiger charge is 2.34. The first-order valence-electron chi connectivity index (χ1n) is 8.48. The number of amides is 1. The lowest BCUT2D eigenvalue weighted by Crippen LogP contribution is -2.39. The quantitative estimate of drug-likeness (QED) is 0.833. The van der Waals surface area contributed by atoms with E-state index in [4.69, 9.17) is 5.11 Å². The van der Waals surface area contributed by atoms with Gasteiger partial charge in [0.15, 0.2) is 0 Å². The van der Waals surface area contributed by atoms with Gasteiger partial charge in [-0.25, -0.2) is 8.42 Å². The first-order chi connectivity index (χ1) is 11.9. The molecule has 7 nitrogen and oxygen atoms in total. The number of carbonyl (C=O) groups is 2. The minimum atomic E-state index is -3.62. The minimum absolute atomic E-state index is 0.0812. The zero-order valence-electron chi connectivity index (χ0n) is 13.9. The Hall–Kier alpha value is -1.45. The summed E-state index contributed by atoms with van der Waals surface area (Å²) in [4.78, 5) is 25.6. The summed E-state index contributed by atoms with van der Waals surface area (Å²) in [5, 5.41) is 10.5. The molecule has 2 saturated heterocycles. The molecule has 1 aromatic heterocycles. The summed E-state index contributed by atoms with van der Waals surface area (Å²) < 4.78 is 27.0. The molecule has 138 valence electrons. The third kappa shape index (κ3) is 3.88. The molecule has 3 rings (SSSR count). The van der Waals surface area contributed by atoms with Gasteiger partial charge in [-0.1, -0.05) is 0 Å². The monoisotopic (exact) mass is 386 g/mol. The van der Waals surface area contributed by atoms with Crippen molar-refractivity contribution in [2.45, 2.75) is 37.0 Å². The molecule has 0 spiro atoms. The van der Waals surface area contributed by atoms with E-state index in [1.807, 2.05) is 0 Å². The van der Waals surface area contributed by atoms with E-state index >= 15 is 0 Å². The van der Waals surface area contributed by atoms with E-state index in [1.54, 1.807) is 10.3 Å². The molecule has 0 saturated carbocycles. The van der Waals surface area contributed by atoms with Gasteiger partial charge in [-0.15, -0.1) is 11.3 Å². The van der Waals surface area contributed by atoms with Crippen molar-refractivity contribution in [2.75, 3.05) is 26.2 Å². The smallest absolute Gasteiger partial charge is 0.303 e. The zero-order valence-corrected chi connectivity index (χ0v) is 15.5. The summed E-state index contributed by atoms with van der Waals surface area (Å²) in [5.74, 6) is -0.999. The molecule has 0 aliphatic carbocycles. The number of hydrogen-bond donors (Lipinski definition) is 1. The van der Waals surface area contributed by atoms with Gasteiger partial charge in [0.05, 0.1) is 0 Å². The van der Waals surface area contributed by atoms with Gasteiger partial charge in [0.2, 0.25) is 10.0 Å². The molecule has 0 aromatic carbocycles. The number of carboxylic acid groups (broad SMARTS) is 1. The van der Waals surface area contributed by atoms with E-state index in [2.05, 4.69) is 0 Å². The molecule has 0 bridgehead atoms. The Kier molecular flexibility index (Phi) is 5.45. The molecule has 1 N–H and O–H groups in total. The van der Waals surface area contributed by atoms with Gasteiger partial charge in [0, 0.05) is 32.6 Å². The summed E-state index contributed by atoms with van der Waals surface area (Å²) in [6.07, 6.45) is 3.10. The maximum atomic E-state index is 12.8. The minimum Gasteiger partial charge on any atom is -0.481 e. The molecule has 25 heavy (non-hydrogen) atoms. The number of carbonyl (C=O) groups excluding carboxylic acids is 1. The van der Waals surface area contributed by atoms with Crippen molar-refractivity contribution in [2.24, 2.45) is 5.92 Å². The second-order valence-corrected chi connectivity index (χ2v) is 9.38. The Bertz CT molecular complexity index is 744. The highest BCUT2D eigenvalue weighted by Crippen LogP contribution is 2.30. The van der Waals surface area contributed by atoms with Crippen LogP contribution >= 0.6 is 11.3 Å². The van der Waals surface area contributed by atoms with Crippen molar-refractivity contribution >= 4 is 33.2 Å². The number of aliphatic carboxylic acids is 1. The van der Waals surface area contributed by atoms with E-state index < -0.39 is 16.0 Å². The number of sulfonamides is 1. The molecule has 3 heterocycles. The molecule has 1 amide bonds. The highest BCUT2D eigenvalue weighted by molar-refractivity contribution is 7.89. The number of likely N-dealkylation sites (tertiary alicyclic amines) is 1. The lowest BCUT2D eigenvalue weighted by atomic mass is 9.93. The first-order valence-corrected chi connectivity index (χ1v) is 10.8. The van der Waals surface area contributed by atoms with Crippen molar-refractivity contribution in [1.29, 1.82) is 0 Å². The highest BCUT2D eigenvalue weighted by atomic mass is 32.2. The van der Waals surface area contributed by atoms with Crippen molar-refractivity contribution in [3.63, 3.8) is 0 Å². The van der Waals surface area contributed by atoms with Crippen LogP contribution in [0.3, 0.4) is 0 Å². The molecule has 0 atom stereocenters. The average molecular weight is 386 g/mol. The van der Waals surface area contributed by atoms with Crippen LogP contribution in [0.1, 0.15) is 41.8 Å². The number of nitrogens with zero attached hydrogens (tertiary/aromatic N) is 2. The van der Waals surface area contributed by atoms with E-state index in [1.165, 1.54) is 10.4 Å². The second-order valence-electron chi connectivity index (χ2n) is 6.56. The van der Waals surface area contributed by atoms with Crippen LogP contribution in [0.2, 0.25) is 0 Å². The summed E-state index contributed by atoms with van der Waals surface area (Å²) >= 11 is 1.16. The topological polar surface area (TPSA) is 95.0 Å². The van der Waals surface area contributed by atoms with Gasteiger partial charge < -0.3 is 10.0 Å². The van der Waals surface area contributed by atoms with Crippen molar-refractivity contribution in [3.8, 4) is 0 Å². The van der Waals surface area contributed by atoms with Gasteiger partial charge >= 0.3 is 5.97 Å². The van der Waals surface area contributed by atoms with Gasteiger partial charge in [-0.3, -0.25) is 9.59 Å². The zero-order chi connectivity index (χ0) is 18.0. The van der Waals surface area contributed by atoms with Crippen LogP contribution in [-0.4, -0.2) is 60.8 Å². The van der Waals surface area contributed by atoms with Crippen LogP contribution in [0.5, 0.6) is 0 Å². The summed E-state index contributed by atoms with van der Waals surface area (Å²) in [6, 6.07) is 1.52. The lowest BCUT2D eigenvalue weighted by molar-refractivity contribution is -0.138. The number of thiophene rings is 1. The summed E-state index contributed by atoms with van der Waals surface area (Å²) in [7, 11) is -3.62. The molecular weight excluding hydrogens is 364 g/mol. The Balaban J connectivity index is 1.72. The molecule has 2 fully saturated rings. The van der Waals surface area contributed by atoms with Gasteiger partial charge in [-0.2, -0.15) is 4.31 Å². The Labute approximate surface area is 151 Å². The first kappa shape index (κ1) is 18.3. The fourth-order valence-corrected chi connectivity index (χ4v) is 6.33. The van der Waals surface area contributed by atoms with Crippen LogP contribution < -0.4 is 0 Å². The van der Waals surface area contributed by atoms with E-state index in [0.717, 1.165) is 24.2 Å². The Morgan fingerprint density at radius 3 is 2.40 bits per heavy atom. The van der Waals surface area contributed by atoms with E-state index in [-0.39, 0.29) is 28.0 Å². The van der Waals surface area contributed by atoms with Gasteiger partial charge in [0.1, 0.15) is 9.77 Å².